The summed E-state index contributed by atoms with van der Waals surface area (Å²) in [5, 5.41) is 7.00. The Balaban J connectivity index is 1.59. The molecule has 3 N–H and O–H groups in total. The van der Waals surface area contributed by atoms with Crippen molar-refractivity contribution in [2.45, 2.75) is 44.2 Å². The first kappa shape index (κ1) is 17.6. The van der Waals surface area contributed by atoms with Gasteiger partial charge in [-0.05, 0) is 66.5 Å². The zero-order valence-electron chi connectivity index (χ0n) is 13.1. The SMILES string of the molecule is O=C(NC1CCC(NCC(F)F)CC1)c1cc(I)cc2cc[nH]c12. The van der Waals surface area contributed by atoms with Gasteiger partial charge in [0.25, 0.3) is 12.3 Å². The second kappa shape index (κ2) is 7.77. The summed E-state index contributed by atoms with van der Waals surface area (Å²) in [6, 6.07) is 6.09. The first-order chi connectivity index (χ1) is 11.5. The van der Waals surface area contributed by atoms with Crippen LogP contribution in [0.4, 0.5) is 8.78 Å². The van der Waals surface area contributed by atoms with E-state index in [9.17, 15) is 13.6 Å². The number of aromatic nitrogens is 1. The van der Waals surface area contributed by atoms with Crippen molar-refractivity contribution in [1.82, 2.24) is 15.6 Å². The number of fused-ring (bicyclic) bond motifs is 1. The minimum atomic E-state index is -2.31. The Labute approximate surface area is 152 Å². The van der Waals surface area contributed by atoms with Gasteiger partial charge in [0.2, 0.25) is 0 Å². The molecule has 0 bridgehead atoms. The van der Waals surface area contributed by atoms with E-state index in [1.165, 1.54) is 0 Å². The summed E-state index contributed by atoms with van der Waals surface area (Å²) in [5.74, 6) is -0.0787. The number of carbonyl (C=O) groups excluding carboxylic acids is 1. The standard InChI is InChI=1S/C17H20F2IN3O/c18-15(19)9-22-12-1-3-13(4-2-12)23-17(24)14-8-11(20)7-10-5-6-21-16(10)14/h5-8,12-13,15,21-22H,1-4,9H2,(H,23,24). The molecule has 0 atom stereocenters. The van der Waals surface area contributed by atoms with E-state index in [4.69, 9.17) is 0 Å². The topological polar surface area (TPSA) is 56.9 Å². The van der Waals surface area contributed by atoms with Gasteiger partial charge in [0.15, 0.2) is 0 Å². The number of alkyl halides is 2. The third-order valence-electron chi connectivity index (χ3n) is 4.49. The first-order valence-electron chi connectivity index (χ1n) is 8.12. The van der Waals surface area contributed by atoms with Gasteiger partial charge in [0.05, 0.1) is 17.6 Å². The Kier molecular flexibility index (Phi) is 5.70. The van der Waals surface area contributed by atoms with Crippen LogP contribution in [0, 0.1) is 3.57 Å². The number of aromatic amines is 1. The van der Waals surface area contributed by atoms with E-state index < -0.39 is 6.43 Å². The van der Waals surface area contributed by atoms with Gasteiger partial charge in [-0.2, -0.15) is 0 Å². The van der Waals surface area contributed by atoms with E-state index in [0.29, 0.717) is 5.56 Å². The molecule has 7 heteroatoms. The van der Waals surface area contributed by atoms with E-state index in [1.807, 2.05) is 24.4 Å². The number of amides is 1. The van der Waals surface area contributed by atoms with Gasteiger partial charge in [-0.25, -0.2) is 8.78 Å². The fourth-order valence-electron chi connectivity index (χ4n) is 3.28. The molecule has 0 spiro atoms. The lowest BCUT2D eigenvalue weighted by molar-refractivity contribution is 0.0923. The number of rotatable bonds is 5. The van der Waals surface area contributed by atoms with Crippen LogP contribution in [-0.4, -0.2) is 35.9 Å². The lowest BCUT2D eigenvalue weighted by atomic mass is 9.91. The Morgan fingerprint density at radius 3 is 2.67 bits per heavy atom. The van der Waals surface area contributed by atoms with Crippen molar-refractivity contribution in [2.24, 2.45) is 0 Å². The molecule has 1 heterocycles. The Hall–Kier alpha value is -1.22. The van der Waals surface area contributed by atoms with E-state index in [2.05, 4.69) is 38.2 Å². The molecule has 1 saturated carbocycles. The second-order valence-electron chi connectivity index (χ2n) is 6.22. The number of nitrogens with one attached hydrogen (secondary N) is 3. The zero-order valence-corrected chi connectivity index (χ0v) is 15.3. The average Bonchev–Trinajstić information content (AvgIpc) is 3.01. The molecule has 1 aromatic heterocycles. The maximum Gasteiger partial charge on any atom is 0.253 e. The van der Waals surface area contributed by atoms with Crippen LogP contribution in [0.3, 0.4) is 0 Å². The van der Waals surface area contributed by atoms with Crippen LogP contribution in [0.5, 0.6) is 0 Å². The fraction of sp³-hybridized carbons (Fsp3) is 0.471. The number of hydrogen-bond acceptors (Lipinski definition) is 2. The Bertz CT molecular complexity index is 711. The number of hydrogen-bond donors (Lipinski definition) is 3. The van der Waals surface area contributed by atoms with Crippen molar-refractivity contribution in [3.63, 3.8) is 0 Å². The van der Waals surface area contributed by atoms with E-state index in [0.717, 1.165) is 40.2 Å². The summed E-state index contributed by atoms with van der Waals surface area (Å²) in [6.07, 6.45) is 2.75. The van der Waals surface area contributed by atoms with Crippen LogP contribution in [0.1, 0.15) is 36.0 Å². The summed E-state index contributed by atoms with van der Waals surface area (Å²) in [7, 11) is 0. The molecular weight excluding hydrogens is 427 g/mol. The highest BCUT2D eigenvalue weighted by Crippen LogP contribution is 2.23. The van der Waals surface area contributed by atoms with Crippen LogP contribution in [0.2, 0.25) is 0 Å². The second-order valence-corrected chi connectivity index (χ2v) is 7.46. The van der Waals surface area contributed by atoms with E-state index in [-0.39, 0.29) is 24.5 Å². The van der Waals surface area contributed by atoms with E-state index >= 15 is 0 Å². The highest BCUT2D eigenvalue weighted by molar-refractivity contribution is 14.1. The smallest absolute Gasteiger partial charge is 0.253 e. The number of halogens is 3. The van der Waals surface area contributed by atoms with Crippen molar-refractivity contribution in [1.29, 1.82) is 0 Å². The summed E-state index contributed by atoms with van der Waals surface area (Å²) >= 11 is 2.21. The quantitative estimate of drug-likeness (QED) is 0.613. The predicted molar refractivity (Wildman–Crippen MR) is 98.5 cm³/mol. The summed E-state index contributed by atoms with van der Waals surface area (Å²) in [5.41, 5.74) is 1.50. The van der Waals surface area contributed by atoms with Crippen LogP contribution < -0.4 is 10.6 Å². The molecule has 1 aromatic carbocycles. The normalized spacial score (nSPS) is 21.3. The predicted octanol–water partition coefficient (Wildman–Crippen LogP) is 3.67. The first-order valence-corrected chi connectivity index (χ1v) is 9.20. The Morgan fingerprint density at radius 2 is 1.96 bits per heavy atom. The van der Waals surface area contributed by atoms with Crippen molar-refractivity contribution in [3.05, 3.63) is 33.5 Å². The Morgan fingerprint density at radius 1 is 1.25 bits per heavy atom. The largest absolute Gasteiger partial charge is 0.361 e. The zero-order chi connectivity index (χ0) is 17.1. The van der Waals surface area contributed by atoms with Crippen LogP contribution in [-0.2, 0) is 0 Å². The minimum absolute atomic E-state index is 0.0787. The molecule has 24 heavy (non-hydrogen) atoms. The molecule has 1 amide bonds. The van der Waals surface area contributed by atoms with Gasteiger partial charge in [-0.3, -0.25) is 4.79 Å². The van der Waals surface area contributed by atoms with Crippen LogP contribution in [0.25, 0.3) is 10.9 Å². The van der Waals surface area contributed by atoms with Gasteiger partial charge in [0.1, 0.15) is 0 Å². The lowest BCUT2D eigenvalue weighted by Crippen LogP contribution is -2.43. The molecular formula is C17H20F2IN3O. The number of carbonyl (C=O) groups is 1. The maximum absolute atomic E-state index is 12.6. The molecule has 3 rings (SSSR count). The van der Waals surface area contributed by atoms with Crippen LogP contribution in [0.15, 0.2) is 24.4 Å². The average molecular weight is 447 g/mol. The highest BCUT2D eigenvalue weighted by Gasteiger charge is 2.24. The maximum atomic E-state index is 12.6. The molecule has 0 unspecified atom stereocenters. The summed E-state index contributed by atoms with van der Waals surface area (Å²) in [4.78, 5) is 15.7. The number of benzene rings is 1. The van der Waals surface area contributed by atoms with E-state index in [1.54, 1.807) is 0 Å². The monoisotopic (exact) mass is 447 g/mol. The molecule has 1 fully saturated rings. The molecule has 130 valence electrons. The third-order valence-corrected chi connectivity index (χ3v) is 5.11. The molecule has 0 aliphatic heterocycles. The minimum Gasteiger partial charge on any atom is -0.361 e. The van der Waals surface area contributed by atoms with Crippen molar-refractivity contribution < 1.29 is 13.6 Å². The van der Waals surface area contributed by atoms with Crippen LogP contribution >= 0.6 is 22.6 Å². The third kappa shape index (κ3) is 4.24. The molecule has 1 aliphatic carbocycles. The molecule has 0 radical (unpaired) electrons. The van der Waals surface area contributed by atoms with Gasteiger partial charge < -0.3 is 15.6 Å². The van der Waals surface area contributed by atoms with Gasteiger partial charge >= 0.3 is 0 Å². The van der Waals surface area contributed by atoms with Gasteiger partial charge in [-0.1, -0.05) is 0 Å². The van der Waals surface area contributed by atoms with Crippen molar-refractivity contribution in [2.75, 3.05) is 6.54 Å². The molecule has 2 aromatic rings. The van der Waals surface area contributed by atoms with Crippen molar-refractivity contribution in [3.8, 4) is 0 Å². The molecule has 0 saturated heterocycles. The van der Waals surface area contributed by atoms with Crippen molar-refractivity contribution >= 4 is 39.4 Å². The summed E-state index contributed by atoms with van der Waals surface area (Å²) in [6.45, 7) is -0.255. The molecule has 4 nitrogen and oxygen atoms in total. The highest BCUT2D eigenvalue weighted by atomic mass is 127. The number of H-pyrrole nitrogens is 1. The lowest BCUT2D eigenvalue weighted by Gasteiger charge is -2.29. The fourth-order valence-corrected chi connectivity index (χ4v) is 3.92. The van der Waals surface area contributed by atoms with Gasteiger partial charge in [0, 0.05) is 27.2 Å². The van der Waals surface area contributed by atoms with Gasteiger partial charge in [-0.15, -0.1) is 0 Å². The summed E-state index contributed by atoms with van der Waals surface area (Å²) < 4.78 is 25.5. The molecule has 1 aliphatic rings.